The topological polar surface area (TPSA) is 39.1 Å². The molecule has 0 aliphatic rings. The normalized spacial score (nSPS) is 10.9. The zero-order valence-corrected chi connectivity index (χ0v) is 11.6. The van der Waals surface area contributed by atoms with Crippen molar-refractivity contribution in [1.29, 1.82) is 0 Å². The van der Waals surface area contributed by atoms with Crippen LogP contribution < -0.4 is 10.1 Å². The molecule has 0 fully saturated rings. The van der Waals surface area contributed by atoms with Crippen LogP contribution in [0.25, 0.3) is 11.0 Å². The lowest BCUT2D eigenvalue weighted by Crippen LogP contribution is -2.06. The van der Waals surface area contributed by atoms with Gasteiger partial charge in [-0.3, -0.25) is 4.57 Å². The van der Waals surface area contributed by atoms with Gasteiger partial charge in [-0.1, -0.05) is 30.3 Å². The summed E-state index contributed by atoms with van der Waals surface area (Å²) in [4.78, 5) is 4.53. The van der Waals surface area contributed by atoms with Gasteiger partial charge in [-0.2, -0.15) is 4.98 Å². The van der Waals surface area contributed by atoms with Crippen LogP contribution in [0.4, 0.5) is 0 Å². The van der Waals surface area contributed by atoms with Gasteiger partial charge in [-0.25, -0.2) is 0 Å². The maximum absolute atomic E-state index is 5.99. The van der Waals surface area contributed by atoms with Crippen molar-refractivity contribution in [3.63, 3.8) is 0 Å². The lowest BCUT2D eigenvalue weighted by atomic mass is 10.2. The third-order valence-corrected chi connectivity index (χ3v) is 3.29. The summed E-state index contributed by atoms with van der Waals surface area (Å²) < 4.78 is 7.95. The number of fused-ring (bicyclic) bond motifs is 1. The number of ether oxygens (including phenoxy) is 1. The van der Waals surface area contributed by atoms with E-state index < -0.39 is 0 Å². The first-order chi connectivity index (χ1) is 9.79. The van der Waals surface area contributed by atoms with Gasteiger partial charge in [-0.15, -0.1) is 0 Å². The van der Waals surface area contributed by atoms with E-state index in [9.17, 15) is 0 Å². The molecule has 0 atom stereocenters. The van der Waals surface area contributed by atoms with Crippen molar-refractivity contribution in [2.24, 2.45) is 7.05 Å². The monoisotopic (exact) mass is 267 g/mol. The SMILES string of the molecule is CNCc1ccccc1Oc1nc2ccccc2n1C. The smallest absolute Gasteiger partial charge is 0.302 e. The number of imidazole rings is 1. The van der Waals surface area contributed by atoms with Crippen molar-refractivity contribution >= 4 is 11.0 Å². The van der Waals surface area contributed by atoms with Gasteiger partial charge in [0.25, 0.3) is 0 Å². The van der Waals surface area contributed by atoms with Crippen LogP contribution in [-0.2, 0) is 13.6 Å². The van der Waals surface area contributed by atoms with E-state index in [4.69, 9.17) is 4.74 Å². The maximum atomic E-state index is 5.99. The van der Waals surface area contributed by atoms with Gasteiger partial charge < -0.3 is 10.1 Å². The third-order valence-electron chi connectivity index (χ3n) is 3.29. The number of nitrogens with one attached hydrogen (secondary N) is 1. The fourth-order valence-corrected chi connectivity index (χ4v) is 2.25. The Labute approximate surface area is 118 Å². The van der Waals surface area contributed by atoms with Crippen LogP contribution in [0.5, 0.6) is 11.8 Å². The Morgan fingerprint density at radius 1 is 1.10 bits per heavy atom. The number of hydrogen-bond acceptors (Lipinski definition) is 3. The molecular weight excluding hydrogens is 250 g/mol. The van der Waals surface area contributed by atoms with Gasteiger partial charge in [0, 0.05) is 19.2 Å². The van der Waals surface area contributed by atoms with Crippen LogP contribution in [0.15, 0.2) is 48.5 Å². The fourth-order valence-electron chi connectivity index (χ4n) is 2.25. The highest BCUT2D eigenvalue weighted by Gasteiger charge is 2.11. The van der Waals surface area contributed by atoms with E-state index in [-0.39, 0.29) is 0 Å². The molecule has 0 saturated heterocycles. The highest BCUT2D eigenvalue weighted by Crippen LogP contribution is 2.27. The van der Waals surface area contributed by atoms with Crippen LogP contribution in [-0.4, -0.2) is 16.6 Å². The third kappa shape index (κ3) is 2.26. The predicted molar refractivity (Wildman–Crippen MR) is 80.0 cm³/mol. The second kappa shape index (κ2) is 5.35. The van der Waals surface area contributed by atoms with Gasteiger partial charge in [0.2, 0.25) is 0 Å². The number of aromatic nitrogens is 2. The Hall–Kier alpha value is -2.33. The molecular formula is C16H17N3O. The summed E-state index contributed by atoms with van der Waals surface area (Å²) in [5, 5.41) is 3.14. The zero-order chi connectivity index (χ0) is 13.9. The molecule has 0 aliphatic carbocycles. The highest BCUT2D eigenvalue weighted by molar-refractivity contribution is 5.76. The number of aryl methyl sites for hydroxylation is 1. The largest absolute Gasteiger partial charge is 0.425 e. The van der Waals surface area contributed by atoms with E-state index in [0.717, 1.165) is 28.9 Å². The Kier molecular flexibility index (Phi) is 3.39. The van der Waals surface area contributed by atoms with E-state index in [1.54, 1.807) is 0 Å². The Balaban J connectivity index is 1.99. The molecule has 3 aromatic rings. The van der Waals surface area contributed by atoms with Crippen LogP contribution in [0, 0.1) is 0 Å². The summed E-state index contributed by atoms with van der Waals surface area (Å²) in [7, 11) is 3.89. The first-order valence-corrected chi connectivity index (χ1v) is 6.61. The van der Waals surface area contributed by atoms with E-state index in [0.29, 0.717) is 6.01 Å². The predicted octanol–water partition coefficient (Wildman–Crippen LogP) is 3.09. The lowest BCUT2D eigenvalue weighted by molar-refractivity contribution is 0.422. The Morgan fingerprint density at radius 3 is 2.65 bits per heavy atom. The maximum Gasteiger partial charge on any atom is 0.302 e. The van der Waals surface area contributed by atoms with Crippen LogP contribution in [0.2, 0.25) is 0 Å². The molecule has 0 amide bonds. The second-order valence-corrected chi connectivity index (χ2v) is 4.68. The summed E-state index contributed by atoms with van der Waals surface area (Å²) in [5.41, 5.74) is 3.12. The quantitative estimate of drug-likeness (QED) is 0.789. The fraction of sp³-hybridized carbons (Fsp3) is 0.188. The van der Waals surface area contributed by atoms with Gasteiger partial charge in [0.05, 0.1) is 11.0 Å². The Bertz CT molecular complexity index is 733. The summed E-state index contributed by atoms with van der Waals surface area (Å²) in [6.45, 7) is 0.764. The van der Waals surface area contributed by atoms with E-state index in [2.05, 4.69) is 16.4 Å². The molecule has 0 bridgehead atoms. The summed E-state index contributed by atoms with van der Waals surface area (Å²) in [5.74, 6) is 0.834. The van der Waals surface area contributed by atoms with E-state index in [1.807, 2.05) is 61.1 Å². The van der Waals surface area contributed by atoms with E-state index >= 15 is 0 Å². The van der Waals surface area contributed by atoms with E-state index in [1.165, 1.54) is 0 Å². The number of nitrogens with zero attached hydrogens (tertiary/aromatic N) is 2. The average Bonchev–Trinajstić information content (AvgIpc) is 2.79. The van der Waals surface area contributed by atoms with Crippen LogP contribution in [0.1, 0.15) is 5.56 Å². The number of hydrogen-bond donors (Lipinski definition) is 1. The summed E-state index contributed by atoms with van der Waals surface area (Å²) in [6.07, 6.45) is 0. The molecule has 1 N–H and O–H groups in total. The molecule has 1 aromatic heterocycles. The molecule has 0 unspecified atom stereocenters. The van der Waals surface area contributed by atoms with Crippen LogP contribution in [0.3, 0.4) is 0 Å². The molecule has 0 saturated carbocycles. The van der Waals surface area contributed by atoms with Crippen molar-refractivity contribution in [2.45, 2.75) is 6.54 Å². The number of benzene rings is 2. The van der Waals surface area contributed by atoms with Crippen molar-refractivity contribution in [3.8, 4) is 11.8 Å². The molecule has 2 aromatic carbocycles. The molecule has 4 heteroatoms. The first-order valence-electron chi connectivity index (χ1n) is 6.61. The standard InChI is InChI=1S/C16H17N3O/c1-17-11-12-7-3-6-10-15(12)20-16-18-13-8-4-5-9-14(13)19(16)2/h3-10,17H,11H2,1-2H3. The number of para-hydroxylation sites is 3. The lowest BCUT2D eigenvalue weighted by Gasteiger charge is -2.10. The molecule has 1 heterocycles. The minimum Gasteiger partial charge on any atom is -0.425 e. The van der Waals surface area contributed by atoms with Crippen LogP contribution >= 0.6 is 0 Å². The van der Waals surface area contributed by atoms with Gasteiger partial charge in [-0.05, 0) is 25.2 Å². The Morgan fingerprint density at radius 2 is 1.85 bits per heavy atom. The molecule has 0 radical (unpaired) electrons. The van der Waals surface area contributed by atoms with Crippen molar-refractivity contribution in [2.75, 3.05) is 7.05 Å². The average molecular weight is 267 g/mol. The zero-order valence-electron chi connectivity index (χ0n) is 11.6. The minimum absolute atomic E-state index is 0.606. The van der Waals surface area contributed by atoms with Crippen molar-refractivity contribution in [3.05, 3.63) is 54.1 Å². The molecule has 20 heavy (non-hydrogen) atoms. The molecule has 4 nitrogen and oxygen atoms in total. The van der Waals surface area contributed by atoms with Crippen molar-refractivity contribution in [1.82, 2.24) is 14.9 Å². The second-order valence-electron chi connectivity index (χ2n) is 4.68. The van der Waals surface area contributed by atoms with Gasteiger partial charge >= 0.3 is 6.01 Å². The summed E-state index contributed by atoms with van der Waals surface area (Å²) >= 11 is 0. The molecule has 102 valence electrons. The molecule has 0 spiro atoms. The first kappa shape index (κ1) is 12.7. The minimum atomic E-state index is 0.606. The van der Waals surface area contributed by atoms with Crippen molar-refractivity contribution < 1.29 is 4.74 Å². The summed E-state index contributed by atoms with van der Waals surface area (Å²) in [6, 6.07) is 16.6. The highest BCUT2D eigenvalue weighted by atomic mass is 16.5. The molecule has 3 rings (SSSR count). The van der Waals surface area contributed by atoms with Gasteiger partial charge in [0.1, 0.15) is 5.75 Å². The molecule has 0 aliphatic heterocycles. The number of rotatable bonds is 4. The van der Waals surface area contributed by atoms with Gasteiger partial charge in [0.15, 0.2) is 0 Å².